The van der Waals surface area contributed by atoms with Gasteiger partial charge in [0.25, 0.3) is 0 Å². The van der Waals surface area contributed by atoms with E-state index < -0.39 is 5.60 Å². The van der Waals surface area contributed by atoms with E-state index in [0.717, 1.165) is 0 Å². The van der Waals surface area contributed by atoms with Crippen molar-refractivity contribution in [2.45, 2.75) is 25.9 Å². The van der Waals surface area contributed by atoms with Crippen molar-refractivity contribution in [2.24, 2.45) is 0 Å². The molecule has 0 saturated carbocycles. The molecule has 0 aromatic heterocycles. The number of aliphatic hydroxyl groups is 1. The number of hydrogen-bond acceptors (Lipinski definition) is 4. The predicted octanol–water partition coefficient (Wildman–Crippen LogP) is 1.38. The largest absolute Gasteiger partial charge is 0.495 e. The molecule has 1 unspecified atom stereocenters. The maximum atomic E-state index is 11.7. The van der Waals surface area contributed by atoms with Crippen LogP contribution in [0.2, 0.25) is 0 Å². The Morgan fingerprint density at radius 2 is 2.11 bits per heavy atom. The fourth-order valence-electron chi connectivity index (χ4n) is 1.51. The third-order valence-corrected chi connectivity index (χ3v) is 2.93. The number of carbonyl (C=O) groups excluding carboxylic acids is 1. The highest BCUT2D eigenvalue weighted by molar-refractivity contribution is 5.93. The maximum Gasteiger partial charge on any atom is 0.238 e. The van der Waals surface area contributed by atoms with Crippen LogP contribution in [0.25, 0.3) is 0 Å². The molecule has 1 rings (SSSR count). The monoisotopic (exact) mass is 266 g/mol. The molecule has 5 nitrogen and oxygen atoms in total. The van der Waals surface area contributed by atoms with Crippen LogP contribution in [0.1, 0.15) is 20.3 Å². The summed E-state index contributed by atoms with van der Waals surface area (Å²) >= 11 is 0. The van der Waals surface area contributed by atoms with Gasteiger partial charge in [-0.05, 0) is 25.5 Å². The lowest BCUT2D eigenvalue weighted by Gasteiger charge is -2.21. The SMILES string of the molecule is CCC(C)(O)CNCC(=O)Nc1ccccc1OC. The van der Waals surface area contributed by atoms with Crippen LogP contribution < -0.4 is 15.4 Å². The van der Waals surface area contributed by atoms with Gasteiger partial charge >= 0.3 is 0 Å². The molecule has 1 aromatic rings. The first-order valence-electron chi connectivity index (χ1n) is 6.34. The molecule has 3 N–H and O–H groups in total. The number of para-hydroxylation sites is 2. The van der Waals surface area contributed by atoms with Gasteiger partial charge in [-0.1, -0.05) is 19.1 Å². The molecule has 0 heterocycles. The van der Waals surface area contributed by atoms with Crippen molar-refractivity contribution < 1.29 is 14.6 Å². The van der Waals surface area contributed by atoms with E-state index in [-0.39, 0.29) is 12.5 Å². The molecular weight excluding hydrogens is 244 g/mol. The van der Waals surface area contributed by atoms with E-state index >= 15 is 0 Å². The molecule has 0 radical (unpaired) electrons. The molecule has 0 aliphatic heterocycles. The summed E-state index contributed by atoms with van der Waals surface area (Å²) in [4.78, 5) is 11.7. The Balaban J connectivity index is 2.43. The second-order valence-corrected chi connectivity index (χ2v) is 4.70. The first kappa shape index (κ1) is 15.5. The maximum absolute atomic E-state index is 11.7. The smallest absolute Gasteiger partial charge is 0.238 e. The lowest BCUT2D eigenvalue weighted by atomic mass is 10.0. The molecule has 106 valence electrons. The fourth-order valence-corrected chi connectivity index (χ4v) is 1.51. The Labute approximate surface area is 114 Å². The Morgan fingerprint density at radius 1 is 1.42 bits per heavy atom. The molecule has 19 heavy (non-hydrogen) atoms. The molecule has 0 aliphatic carbocycles. The van der Waals surface area contributed by atoms with Crippen molar-refractivity contribution in [3.05, 3.63) is 24.3 Å². The highest BCUT2D eigenvalue weighted by Crippen LogP contribution is 2.22. The number of amides is 1. The van der Waals surface area contributed by atoms with Gasteiger partial charge in [-0.2, -0.15) is 0 Å². The van der Waals surface area contributed by atoms with Crippen LogP contribution in [0.15, 0.2) is 24.3 Å². The van der Waals surface area contributed by atoms with Gasteiger partial charge in [0.15, 0.2) is 0 Å². The van der Waals surface area contributed by atoms with Crippen LogP contribution in [0.4, 0.5) is 5.69 Å². The zero-order valence-corrected chi connectivity index (χ0v) is 11.7. The van der Waals surface area contributed by atoms with Gasteiger partial charge in [-0.25, -0.2) is 0 Å². The summed E-state index contributed by atoms with van der Waals surface area (Å²) in [6.45, 7) is 4.16. The molecule has 0 fully saturated rings. The summed E-state index contributed by atoms with van der Waals surface area (Å²) in [6.07, 6.45) is 0.633. The summed E-state index contributed by atoms with van der Waals surface area (Å²) in [5, 5.41) is 15.5. The summed E-state index contributed by atoms with van der Waals surface area (Å²) < 4.78 is 5.15. The number of benzene rings is 1. The molecule has 1 aromatic carbocycles. The number of hydrogen-bond donors (Lipinski definition) is 3. The number of anilines is 1. The minimum absolute atomic E-state index is 0.147. The van der Waals surface area contributed by atoms with E-state index in [4.69, 9.17) is 4.74 Å². The van der Waals surface area contributed by atoms with Crippen molar-refractivity contribution in [1.29, 1.82) is 0 Å². The highest BCUT2D eigenvalue weighted by Gasteiger charge is 2.17. The molecule has 0 bridgehead atoms. The minimum atomic E-state index is -0.787. The lowest BCUT2D eigenvalue weighted by Crippen LogP contribution is -2.40. The third kappa shape index (κ3) is 5.28. The van der Waals surface area contributed by atoms with Gasteiger partial charge in [0.2, 0.25) is 5.91 Å². The van der Waals surface area contributed by atoms with E-state index in [1.807, 2.05) is 19.1 Å². The van der Waals surface area contributed by atoms with Crippen LogP contribution in [-0.2, 0) is 4.79 Å². The van der Waals surface area contributed by atoms with Crippen LogP contribution >= 0.6 is 0 Å². The number of carbonyl (C=O) groups is 1. The van der Waals surface area contributed by atoms with E-state index in [2.05, 4.69) is 10.6 Å². The quantitative estimate of drug-likeness (QED) is 0.697. The van der Waals surface area contributed by atoms with Crippen molar-refractivity contribution in [1.82, 2.24) is 5.32 Å². The van der Waals surface area contributed by atoms with Crippen LogP contribution in [-0.4, -0.2) is 36.8 Å². The zero-order valence-electron chi connectivity index (χ0n) is 11.7. The average molecular weight is 266 g/mol. The van der Waals surface area contributed by atoms with Gasteiger partial charge in [0.1, 0.15) is 5.75 Å². The van der Waals surface area contributed by atoms with E-state index in [9.17, 15) is 9.90 Å². The second-order valence-electron chi connectivity index (χ2n) is 4.70. The minimum Gasteiger partial charge on any atom is -0.495 e. The predicted molar refractivity (Wildman–Crippen MR) is 75.4 cm³/mol. The van der Waals surface area contributed by atoms with Crippen molar-refractivity contribution in [3.63, 3.8) is 0 Å². The van der Waals surface area contributed by atoms with Crippen molar-refractivity contribution >= 4 is 11.6 Å². The Bertz CT molecular complexity index is 419. The van der Waals surface area contributed by atoms with Gasteiger partial charge in [-0.3, -0.25) is 4.79 Å². The second kappa shape index (κ2) is 7.11. The van der Waals surface area contributed by atoms with Gasteiger partial charge in [0, 0.05) is 6.54 Å². The highest BCUT2D eigenvalue weighted by atomic mass is 16.5. The lowest BCUT2D eigenvalue weighted by molar-refractivity contribution is -0.115. The first-order chi connectivity index (χ1) is 8.98. The number of nitrogens with one attached hydrogen (secondary N) is 2. The van der Waals surface area contributed by atoms with Crippen LogP contribution in [0.5, 0.6) is 5.75 Å². The molecule has 5 heteroatoms. The number of rotatable bonds is 7. The standard InChI is InChI=1S/C14H22N2O3/c1-4-14(2,18)10-15-9-13(17)16-11-7-5-6-8-12(11)19-3/h5-8,15,18H,4,9-10H2,1-3H3,(H,16,17). The van der Waals surface area contributed by atoms with E-state index in [1.54, 1.807) is 26.2 Å². The summed E-state index contributed by atoms with van der Waals surface area (Å²) in [5.41, 5.74) is -0.149. The van der Waals surface area contributed by atoms with Gasteiger partial charge in [-0.15, -0.1) is 0 Å². The average Bonchev–Trinajstić information content (AvgIpc) is 2.39. The van der Waals surface area contributed by atoms with Crippen LogP contribution in [0.3, 0.4) is 0 Å². The molecule has 1 atom stereocenters. The summed E-state index contributed by atoms with van der Waals surface area (Å²) in [7, 11) is 1.56. The number of ether oxygens (including phenoxy) is 1. The fraction of sp³-hybridized carbons (Fsp3) is 0.500. The Hall–Kier alpha value is -1.59. The molecule has 1 amide bonds. The normalized spacial score (nSPS) is 13.7. The van der Waals surface area contributed by atoms with Gasteiger partial charge < -0.3 is 20.5 Å². The first-order valence-corrected chi connectivity index (χ1v) is 6.34. The summed E-state index contributed by atoms with van der Waals surface area (Å²) in [5.74, 6) is 0.452. The third-order valence-electron chi connectivity index (χ3n) is 2.93. The molecule has 0 spiro atoms. The Morgan fingerprint density at radius 3 is 2.74 bits per heavy atom. The molecule has 0 aliphatic rings. The number of methoxy groups -OCH3 is 1. The van der Waals surface area contributed by atoms with Crippen LogP contribution in [0, 0.1) is 0 Å². The Kier molecular flexibility index (Phi) is 5.79. The summed E-state index contributed by atoms with van der Waals surface area (Å²) in [6, 6.07) is 7.22. The van der Waals surface area contributed by atoms with E-state index in [1.165, 1.54) is 0 Å². The zero-order chi connectivity index (χ0) is 14.3. The molecular formula is C14H22N2O3. The van der Waals surface area contributed by atoms with Gasteiger partial charge in [0.05, 0.1) is 24.9 Å². The topological polar surface area (TPSA) is 70.6 Å². The molecule has 0 saturated heterocycles. The van der Waals surface area contributed by atoms with Crippen molar-refractivity contribution in [2.75, 3.05) is 25.5 Å². The van der Waals surface area contributed by atoms with Crippen molar-refractivity contribution in [3.8, 4) is 5.75 Å². The van der Waals surface area contributed by atoms with E-state index in [0.29, 0.717) is 24.4 Å².